The van der Waals surface area contributed by atoms with Crippen LogP contribution in [0, 0.1) is 0 Å². The second-order valence-electron chi connectivity index (χ2n) is 11.2. The molecule has 2 atom stereocenters. The van der Waals surface area contributed by atoms with Crippen LogP contribution in [0.1, 0.15) is 62.4 Å². The quantitative estimate of drug-likeness (QED) is 0.144. The van der Waals surface area contributed by atoms with Gasteiger partial charge in [-0.05, 0) is 86.9 Å². The van der Waals surface area contributed by atoms with Gasteiger partial charge in [0.25, 0.3) is 11.7 Å². The lowest BCUT2D eigenvalue weighted by Crippen LogP contribution is -2.33. The molecule has 5 rings (SSSR count). The number of benzene rings is 3. The Hall–Kier alpha value is -4.30. The Morgan fingerprint density at radius 2 is 1.75 bits per heavy atom. The summed E-state index contributed by atoms with van der Waals surface area (Å²) in [6.45, 7) is 11.8. The lowest BCUT2D eigenvalue weighted by molar-refractivity contribution is -0.140. The van der Waals surface area contributed by atoms with Gasteiger partial charge in [0, 0.05) is 18.5 Å². The number of amides is 1. The van der Waals surface area contributed by atoms with E-state index in [9.17, 15) is 14.7 Å². The second kappa shape index (κ2) is 14.0. The minimum atomic E-state index is -0.780. The number of rotatable bonds is 13. The van der Waals surface area contributed by atoms with Gasteiger partial charge >= 0.3 is 0 Å². The van der Waals surface area contributed by atoms with Crippen molar-refractivity contribution in [2.75, 3.05) is 32.8 Å². The van der Waals surface area contributed by atoms with E-state index in [-0.39, 0.29) is 17.4 Å². The number of carbonyl (C=O) groups is 2. The number of nitrogens with zero attached hydrogens (tertiary/aromatic N) is 2. The molecule has 232 valence electrons. The third-order valence-corrected chi connectivity index (χ3v) is 8.30. The molecule has 8 nitrogen and oxygen atoms in total. The van der Waals surface area contributed by atoms with Crippen LogP contribution in [0.4, 0.5) is 0 Å². The van der Waals surface area contributed by atoms with E-state index < -0.39 is 17.7 Å². The summed E-state index contributed by atoms with van der Waals surface area (Å²) in [7, 11) is 0. The highest BCUT2D eigenvalue weighted by Gasteiger charge is 2.46. The summed E-state index contributed by atoms with van der Waals surface area (Å²) in [5.41, 5.74) is 3.22. The van der Waals surface area contributed by atoms with Gasteiger partial charge in [-0.2, -0.15) is 0 Å². The van der Waals surface area contributed by atoms with E-state index in [1.165, 1.54) is 0 Å². The number of Topliss-reactive ketones (excluding diaryl/α,β-unsaturated/α-hetero) is 1. The van der Waals surface area contributed by atoms with Gasteiger partial charge in [-0.1, -0.05) is 50.2 Å². The molecule has 1 N–H and O–H groups in total. The normalized spacial score (nSPS) is 18.9. The highest BCUT2D eigenvalue weighted by molar-refractivity contribution is 6.46. The first-order chi connectivity index (χ1) is 21.3. The van der Waals surface area contributed by atoms with Gasteiger partial charge in [0.1, 0.15) is 24.2 Å². The van der Waals surface area contributed by atoms with Crippen molar-refractivity contribution in [3.05, 3.63) is 94.6 Å². The van der Waals surface area contributed by atoms with Crippen molar-refractivity contribution in [2.45, 2.75) is 59.3 Å². The number of hydrogen-bond acceptors (Lipinski definition) is 7. The van der Waals surface area contributed by atoms with Crippen LogP contribution in [-0.4, -0.2) is 65.5 Å². The number of ketones is 1. The summed E-state index contributed by atoms with van der Waals surface area (Å²) in [5, 5.41) is 11.7. The maximum absolute atomic E-state index is 13.6. The molecule has 0 aromatic heterocycles. The predicted octanol–water partition coefficient (Wildman–Crippen LogP) is 6.14. The zero-order chi connectivity index (χ0) is 31.2. The molecule has 8 heteroatoms. The smallest absolute Gasteiger partial charge is 0.295 e. The number of ether oxygens (including phenoxy) is 3. The largest absolute Gasteiger partial charge is 0.507 e. The van der Waals surface area contributed by atoms with E-state index >= 15 is 0 Å². The van der Waals surface area contributed by atoms with E-state index in [0.717, 1.165) is 36.5 Å². The highest BCUT2D eigenvalue weighted by Crippen LogP contribution is 2.43. The Bertz CT molecular complexity index is 1510. The van der Waals surface area contributed by atoms with Crippen LogP contribution in [0.25, 0.3) is 5.76 Å². The van der Waals surface area contributed by atoms with E-state index in [1.807, 2.05) is 74.5 Å². The van der Waals surface area contributed by atoms with Crippen LogP contribution in [0.5, 0.6) is 17.2 Å². The van der Waals surface area contributed by atoms with Gasteiger partial charge in [-0.3, -0.25) is 9.59 Å². The van der Waals surface area contributed by atoms with Crippen molar-refractivity contribution in [3.63, 3.8) is 0 Å². The molecule has 0 bridgehead atoms. The van der Waals surface area contributed by atoms with Crippen molar-refractivity contribution in [1.29, 1.82) is 0 Å². The summed E-state index contributed by atoms with van der Waals surface area (Å²) in [6, 6.07) is 20.0. The Morgan fingerprint density at radius 3 is 2.48 bits per heavy atom. The monoisotopic (exact) mass is 598 g/mol. The minimum absolute atomic E-state index is 0.0402. The van der Waals surface area contributed by atoms with Crippen LogP contribution in [0.2, 0.25) is 0 Å². The molecule has 2 aliphatic rings. The third-order valence-electron chi connectivity index (χ3n) is 8.30. The molecule has 1 fully saturated rings. The summed E-state index contributed by atoms with van der Waals surface area (Å²) < 4.78 is 17.9. The molecule has 0 unspecified atom stereocenters. The van der Waals surface area contributed by atoms with Crippen molar-refractivity contribution in [1.82, 2.24) is 9.80 Å². The first-order valence-electron chi connectivity index (χ1n) is 15.6. The van der Waals surface area contributed by atoms with Crippen LogP contribution < -0.4 is 14.2 Å². The standard InChI is InChI=1S/C36H42N2O6/c1-5-37(6-2)18-11-19-38-33(26-14-17-30(31(22-26)42-7-3)43-23-25-12-9-8-10-13-25)32(35(40)36(38)41)34(39)27-15-16-29-28(21-27)20-24(4)44-29/h8-10,12-17,21-22,24,33,39H,5-7,11,18-20,23H2,1-4H3/t24-,33-/m0/s1. The Balaban J connectivity index is 1.53. The van der Waals surface area contributed by atoms with E-state index in [2.05, 4.69) is 18.7 Å². The summed E-state index contributed by atoms with van der Waals surface area (Å²) in [5.74, 6) is 0.350. The molecule has 44 heavy (non-hydrogen) atoms. The summed E-state index contributed by atoms with van der Waals surface area (Å²) >= 11 is 0. The molecule has 1 amide bonds. The van der Waals surface area contributed by atoms with Gasteiger partial charge < -0.3 is 29.1 Å². The second-order valence-corrected chi connectivity index (χ2v) is 11.2. The number of hydrogen-bond donors (Lipinski definition) is 1. The first-order valence-corrected chi connectivity index (χ1v) is 15.6. The first kappa shape index (κ1) is 31.1. The molecule has 0 saturated carbocycles. The van der Waals surface area contributed by atoms with Crippen LogP contribution in [-0.2, 0) is 22.6 Å². The molecule has 1 saturated heterocycles. The predicted molar refractivity (Wildman–Crippen MR) is 170 cm³/mol. The summed E-state index contributed by atoms with van der Waals surface area (Å²) in [6.07, 6.45) is 1.44. The lowest BCUT2D eigenvalue weighted by atomic mass is 9.94. The van der Waals surface area contributed by atoms with E-state index in [0.29, 0.717) is 55.2 Å². The fourth-order valence-electron chi connectivity index (χ4n) is 6.00. The molecule has 0 radical (unpaired) electrons. The zero-order valence-corrected chi connectivity index (χ0v) is 26.0. The molecule has 0 aliphatic carbocycles. The number of carbonyl (C=O) groups excluding carboxylic acids is 2. The third kappa shape index (κ3) is 6.60. The Kier molecular flexibility index (Phi) is 9.90. The summed E-state index contributed by atoms with van der Waals surface area (Å²) in [4.78, 5) is 31.1. The van der Waals surface area contributed by atoms with Crippen LogP contribution in [0.15, 0.2) is 72.3 Å². The number of aliphatic hydroxyl groups excluding tert-OH is 1. The van der Waals surface area contributed by atoms with Crippen LogP contribution >= 0.6 is 0 Å². The van der Waals surface area contributed by atoms with Crippen LogP contribution in [0.3, 0.4) is 0 Å². The Morgan fingerprint density at radius 1 is 0.977 bits per heavy atom. The minimum Gasteiger partial charge on any atom is -0.507 e. The van der Waals surface area contributed by atoms with E-state index in [4.69, 9.17) is 14.2 Å². The maximum Gasteiger partial charge on any atom is 0.295 e. The molecule has 2 heterocycles. The van der Waals surface area contributed by atoms with Gasteiger partial charge in [0.15, 0.2) is 11.5 Å². The molecular formula is C36H42N2O6. The highest BCUT2D eigenvalue weighted by atomic mass is 16.5. The molecule has 3 aromatic carbocycles. The number of fused-ring (bicyclic) bond motifs is 1. The Labute approximate surface area is 259 Å². The molecule has 2 aliphatic heterocycles. The van der Waals surface area contributed by atoms with Gasteiger partial charge in [-0.15, -0.1) is 0 Å². The van der Waals surface area contributed by atoms with Crippen molar-refractivity contribution in [3.8, 4) is 17.2 Å². The van der Waals surface area contributed by atoms with Crippen molar-refractivity contribution < 1.29 is 28.9 Å². The van der Waals surface area contributed by atoms with Crippen molar-refractivity contribution in [2.24, 2.45) is 0 Å². The van der Waals surface area contributed by atoms with Crippen molar-refractivity contribution >= 4 is 17.4 Å². The SMILES string of the molecule is CCOc1cc([C@H]2C(=C(O)c3ccc4c(c3)C[C@H](C)O4)C(=O)C(=O)N2CCCN(CC)CC)ccc1OCc1ccccc1. The van der Waals surface area contributed by atoms with E-state index in [1.54, 1.807) is 11.0 Å². The average Bonchev–Trinajstić information content (AvgIpc) is 3.53. The zero-order valence-electron chi connectivity index (χ0n) is 26.0. The fraction of sp³-hybridized carbons (Fsp3) is 0.389. The number of aliphatic hydroxyl groups is 1. The lowest BCUT2D eigenvalue weighted by Gasteiger charge is -2.27. The fourth-order valence-corrected chi connectivity index (χ4v) is 6.00. The van der Waals surface area contributed by atoms with Gasteiger partial charge in [-0.25, -0.2) is 0 Å². The number of likely N-dealkylation sites (tertiary alicyclic amines) is 1. The van der Waals surface area contributed by atoms with Gasteiger partial charge in [0.05, 0.1) is 18.2 Å². The molecule has 0 spiro atoms. The topological polar surface area (TPSA) is 88.5 Å². The maximum atomic E-state index is 13.6. The molecule has 3 aromatic rings. The van der Waals surface area contributed by atoms with Gasteiger partial charge in [0.2, 0.25) is 0 Å². The molecular weight excluding hydrogens is 556 g/mol. The average molecular weight is 599 g/mol.